The molecular formula is C53H56F34N8O16. The first-order valence-electron chi connectivity index (χ1n) is 30.7. The molecule has 2 aromatic heterocycles. The third-order valence-electron chi connectivity index (χ3n) is 17.3. The van der Waals surface area contributed by atoms with Crippen LogP contribution in [0.5, 0.6) is 0 Å². The van der Waals surface area contributed by atoms with Gasteiger partial charge in [0.15, 0.2) is 12.5 Å². The predicted molar refractivity (Wildman–Crippen MR) is 289 cm³/mol. The monoisotopic (exact) mass is 1710 g/mol. The van der Waals surface area contributed by atoms with Crippen molar-refractivity contribution in [2.24, 2.45) is 5.92 Å². The van der Waals surface area contributed by atoms with Gasteiger partial charge in [-0.25, -0.2) is 25.0 Å². The van der Waals surface area contributed by atoms with Crippen LogP contribution in [0.1, 0.15) is 63.8 Å². The lowest BCUT2D eigenvalue weighted by Gasteiger charge is -2.43. The Morgan fingerprint density at radius 3 is 1.19 bits per heavy atom. The quantitative estimate of drug-likeness (QED) is 0.0149. The van der Waals surface area contributed by atoms with Gasteiger partial charge in [-0.15, -0.1) is 0 Å². The number of rotatable bonds is 36. The highest BCUT2D eigenvalue weighted by molar-refractivity contribution is 5.77. The summed E-state index contributed by atoms with van der Waals surface area (Å²) in [4.78, 5) is 74.7. The predicted octanol–water partition coefficient (Wildman–Crippen LogP) is 6.53. The molecule has 13 atom stereocenters. The van der Waals surface area contributed by atoms with E-state index in [4.69, 9.17) is 23.7 Å². The van der Waals surface area contributed by atoms with Crippen LogP contribution in [0.2, 0.25) is 0 Å². The van der Waals surface area contributed by atoms with Gasteiger partial charge < -0.3 is 59.9 Å². The number of carbonyl (C=O) groups is 2. The molecular weight excluding hydrogens is 1650 g/mol. The van der Waals surface area contributed by atoms with E-state index in [0.29, 0.717) is 28.4 Å². The van der Waals surface area contributed by atoms with Gasteiger partial charge in [0.25, 0.3) is 11.1 Å². The van der Waals surface area contributed by atoms with Gasteiger partial charge in [0.2, 0.25) is 0 Å². The number of carbonyl (C=O) groups excluding carboxylic acids is 2. The van der Waals surface area contributed by atoms with Crippen LogP contribution in [0.25, 0.3) is 0 Å². The number of fused-ring (bicyclic) bond motifs is 1. The first-order valence-corrected chi connectivity index (χ1v) is 30.7. The lowest BCUT2D eigenvalue weighted by atomic mass is 9.90. The number of hydrogen-bond acceptors (Lipinski definition) is 18. The molecule has 111 heavy (non-hydrogen) atoms. The number of hydrogen-bond donors (Lipinski definition) is 11. The molecule has 2 unspecified atom stereocenters. The Balaban J connectivity index is 0.000000413. The lowest BCUT2D eigenvalue weighted by Crippen LogP contribution is -2.76. The third kappa shape index (κ3) is 17.5. The number of unbranched alkanes of at least 4 members (excludes halogenated alkanes) is 1. The first-order chi connectivity index (χ1) is 50.1. The second-order valence-electron chi connectivity index (χ2n) is 24.7. The first kappa shape index (κ1) is 94.9. The zero-order valence-corrected chi connectivity index (χ0v) is 54.2. The zero-order valence-electron chi connectivity index (χ0n) is 54.2. The summed E-state index contributed by atoms with van der Waals surface area (Å²) in [6.07, 6.45) is -29.9. The van der Waals surface area contributed by atoms with Gasteiger partial charge in [-0.3, -0.25) is 33.5 Å². The lowest BCUT2D eigenvalue weighted by molar-refractivity contribution is -0.463. The van der Waals surface area contributed by atoms with Crippen molar-refractivity contribution < 1.29 is 208 Å². The molecule has 3 saturated heterocycles. The SMILES string of the molecule is O=C1N[C@@H]2[C@H](CCCCC(=O)OC[C@H](CCOC3[C@@H](O)[C@@H](CO)O[C@H]3n3ccc(=O)[nH]c3=O)NC(F)(F)C(F)(F)C(F)(F)C(F)(F)C(F)(F)C(F)(F)C(F)(F)C(F)(F)F)CC[C@@H]2N1.O=c1ccn([C@@H]2O[C@H](CO)[C@H](O)C2OCC[C@@H](CO)NC(F)(F)C(F)(F)C(F)(F)C(F)(F)C(F)(F)C(F)(F)C(F)(F)C(F)(F)F)c(=O)[nH]1. The van der Waals surface area contributed by atoms with Gasteiger partial charge in [-0.05, 0) is 44.4 Å². The van der Waals surface area contributed by atoms with Crippen LogP contribution >= 0.6 is 0 Å². The zero-order chi connectivity index (χ0) is 85.6. The molecule has 1 aliphatic carbocycles. The van der Waals surface area contributed by atoms with Crippen LogP contribution in [0.4, 0.5) is 154 Å². The number of ether oxygens (including phenoxy) is 5. The number of amides is 2. The number of nitrogens with one attached hydrogen (secondary N) is 6. The van der Waals surface area contributed by atoms with Crippen LogP contribution in [-0.4, -0.2) is 253 Å². The minimum Gasteiger partial charge on any atom is -0.464 e. The molecule has 0 bridgehead atoms. The molecule has 3 aliphatic heterocycles. The van der Waals surface area contributed by atoms with Crippen molar-refractivity contribution in [3.05, 3.63) is 66.2 Å². The van der Waals surface area contributed by atoms with Gasteiger partial charge in [0.05, 0.1) is 31.9 Å². The van der Waals surface area contributed by atoms with Crippen molar-refractivity contribution in [1.82, 2.24) is 40.4 Å². The van der Waals surface area contributed by atoms with Crippen molar-refractivity contribution in [2.45, 2.75) is 220 Å². The average molecular weight is 1710 g/mol. The number of aromatic nitrogens is 4. The van der Waals surface area contributed by atoms with E-state index in [1.54, 1.807) is 9.97 Å². The van der Waals surface area contributed by atoms with E-state index in [-0.39, 0.29) is 41.5 Å². The van der Waals surface area contributed by atoms with Crippen molar-refractivity contribution in [1.29, 1.82) is 0 Å². The van der Waals surface area contributed by atoms with Crippen molar-refractivity contribution >= 4 is 12.0 Å². The Morgan fingerprint density at radius 2 is 0.838 bits per heavy atom. The molecule has 11 N–H and O–H groups in total. The number of aliphatic hydroxyl groups excluding tert-OH is 5. The Kier molecular flexibility index (Phi) is 28.1. The van der Waals surface area contributed by atoms with Gasteiger partial charge in [-0.2, -0.15) is 149 Å². The topological polar surface area (TPSA) is 339 Å². The van der Waals surface area contributed by atoms with Crippen molar-refractivity contribution in [2.75, 3.05) is 39.6 Å². The van der Waals surface area contributed by atoms with Crippen LogP contribution in [-0.2, 0) is 28.5 Å². The summed E-state index contributed by atoms with van der Waals surface area (Å²) in [5, 5.41) is 54.7. The highest BCUT2D eigenvalue weighted by atomic mass is 19.4. The molecule has 4 aliphatic rings. The molecule has 0 spiro atoms. The maximum Gasteiger partial charge on any atom is 0.460 e. The van der Waals surface area contributed by atoms with E-state index in [0.717, 1.165) is 24.5 Å². The maximum absolute atomic E-state index is 15.1. The Hall–Kier alpha value is -6.72. The van der Waals surface area contributed by atoms with Gasteiger partial charge >= 0.3 is 119 Å². The molecule has 0 radical (unpaired) electrons. The summed E-state index contributed by atoms with van der Waals surface area (Å²) in [7, 11) is 0. The van der Waals surface area contributed by atoms with Gasteiger partial charge in [0, 0.05) is 56.2 Å². The molecule has 1 saturated carbocycles. The Bertz CT molecular complexity index is 3750. The largest absolute Gasteiger partial charge is 0.464 e. The molecule has 0 aromatic carbocycles. The van der Waals surface area contributed by atoms with E-state index < -0.39 is 250 Å². The van der Waals surface area contributed by atoms with E-state index in [2.05, 4.69) is 10.6 Å². The highest BCUT2D eigenvalue weighted by Gasteiger charge is 2.97. The van der Waals surface area contributed by atoms with E-state index >= 15 is 8.78 Å². The van der Waals surface area contributed by atoms with E-state index in [1.807, 2.05) is 0 Å². The minimum atomic E-state index is -8.85. The summed E-state index contributed by atoms with van der Waals surface area (Å²) in [5.74, 6) is -104. The number of nitrogens with zero attached hydrogens (tertiary/aromatic N) is 2. The molecule has 2 aromatic rings. The minimum absolute atomic E-state index is 0.0197. The van der Waals surface area contributed by atoms with Crippen LogP contribution in [0.15, 0.2) is 43.7 Å². The molecule has 642 valence electrons. The summed E-state index contributed by atoms with van der Waals surface area (Å²) in [5.41, 5.74) is -4.36. The molecule has 24 nitrogen and oxygen atoms in total. The number of urea groups is 1. The number of alkyl halides is 34. The molecule has 58 heteroatoms. The van der Waals surface area contributed by atoms with E-state index in [1.165, 1.54) is 0 Å². The summed E-state index contributed by atoms with van der Waals surface area (Å²) < 4.78 is 492. The van der Waals surface area contributed by atoms with Crippen LogP contribution in [0, 0.1) is 5.92 Å². The fourth-order valence-electron chi connectivity index (χ4n) is 11.0. The Morgan fingerprint density at radius 1 is 0.486 bits per heavy atom. The van der Waals surface area contributed by atoms with Gasteiger partial charge in [0.1, 0.15) is 43.2 Å². The summed E-state index contributed by atoms with van der Waals surface area (Å²) in [6, 6.07) is -18.9. The fraction of sp³-hybridized carbons (Fsp3) is 0.811. The Labute approximate surface area is 592 Å². The van der Waals surface area contributed by atoms with Gasteiger partial charge in [-0.1, -0.05) is 6.42 Å². The third-order valence-corrected chi connectivity index (χ3v) is 17.3. The second-order valence-corrected chi connectivity index (χ2v) is 24.7. The second kappa shape index (κ2) is 32.9. The summed E-state index contributed by atoms with van der Waals surface area (Å²) in [6.45, 7) is -7.92. The van der Waals surface area contributed by atoms with Crippen LogP contribution in [0.3, 0.4) is 0 Å². The number of esters is 1. The highest BCUT2D eigenvalue weighted by Crippen LogP contribution is 2.66. The van der Waals surface area contributed by atoms with Crippen molar-refractivity contribution in [3.63, 3.8) is 0 Å². The van der Waals surface area contributed by atoms with E-state index in [9.17, 15) is 195 Å². The fourth-order valence-corrected chi connectivity index (χ4v) is 11.0. The number of H-pyrrole nitrogens is 2. The van der Waals surface area contributed by atoms with Crippen LogP contribution < -0.4 is 43.8 Å². The normalized spacial score (nSPS) is 24.6. The van der Waals surface area contributed by atoms with Crippen molar-refractivity contribution in [3.8, 4) is 0 Å². The molecule has 5 heterocycles. The molecule has 6 rings (SSSR count). The molecule has 2 amide bonds. The maximum atomic E-state index is 15.1. The standard InChI is InChI=1S/C32H36F17N5O9.C21H20F17N3O7/c33-25(34,27(37,38)29(41,42)31(45,46)47)26(35,36)28(39,40)30(43,44)32(48,49)53-14(12-62-18(57)4-2-1-3-13-5-6-15-19(13)52-23(59)50-15)8-10-61-21-20(58)16(11-55)63-22(21)54-9-7-17(56)51-24(54)60;22-14(23,16(26,27)18(30,31)20(34,35)36)15(24,25)17(28,29)19(32,33)21(37,38)40-7(5-42)2-4-47-11-10(45)8(6-43)48-12(11)41-3-1-9(44)39-13(41)46/h7,9,13-16,19-22,53,55,58H,1-6,8,10-12H2,(H2,50,52,59)(H,51,56,60);1,3,7-8,10-12,40,42-43,45H,2,4-6H2,(H,39,44,46)/t13-,14+,15+,16-,19-,20+,21?,22-;7-,8+,10-,11?,12+/m10/s1. The average Bonchev–Trinajstić information content (AvgIpc) is 1.34. The number of aliphatic hydroxyl groups is 5. The number of halogens is 34. The smallest absolute Gasteiger partial charge is 0.460 e. The summed E-state index contributed by atoms with van der Waals surface area (Å²) >= 11 is 0. The molecule has 4 fully saturated rings. The number of aromatic amines is 2.